The first-order valence-electron chi connectivity index (χ1n) is 5.25. The lowest BCUT2D eigenvalue weighted by Gasteiger charge is -2.12. The molecule has 0 unspecified atom stereocenters. The number of hydrogen-bond acceptors (Lipinski definition) is 2. The minimum Gasteiger partial charge on any atom is -0.397 e. The van der Waals surface area contributed by atoms with E-state index < -0.39 is 5.82 Å². The van der Waals surface area contributed by atoms with E-state index in [1.807, 2.05) is 0 Å². The third-order valence-corrected chi connectivity index (χ3v) is 2.84. The molecular formula is C13H11ClF2N2. The molecule has 0 aliphatic rings. The van der Waals surface area contributed by atoms with Crippen LogP contribution in [-0.2, 0) is 0 Å². The highest BCUT2D eigenvalue weighted by Crippen LogP contribution is 2.30. The van der Waals surface area contributed by atoms with Gasteiger partial charge in [-0.2, -0.15) is 0 Å². The summed E-state index contributed by atoms with van der Waals surface area (Å²) in [6.07, 6.45) is 0. The van der Waals surface area contributed by atoms with Gasteiger partial charge in [0.2, 0.25) is 0 Å². The van der Waals surface area contributed by atoms with Crippen LogP contribution in [0, 0.1) is 18.6 Å². The van der Waals surface area contributed by atoms with Crippen molar-refractivity contribution in [1.29, 1.82) is 0 Å². The molecule has 2 rings (SSSR count). The standard InChI is InChI=1S/C13H11ClF2N2/c1-7-4-13(11(17)6-10(7)16)18-12-3-2-8(15)5-9(12)14/h2-6,18H,17H2,1H3. The summed E-state index contributed by atoms with van der Waals surface area (Å²) in [4.78, 5) is 0. The fraction of sp³-hybridized carbons (Fsp3) is 0.0769. The zero-order valence-corrected chi connectivity index (χ0v) is 10.4. The second kappa shape index (κ2) is 4.82. The van der Waals surface area contributed by atoms with Crippen molar-refractivity contribution >= 4 is 28.7 Å². The van der Waals surface area contributed by atoms with Crippen LogP contribution in [0.1, 0.15) is 5.56 Å². The number of hydrogen-bond donors (Lipinski definition) is 2. The lowest BCUT2D eigenvalue weighted by molar-refractivity contribution is 0.619. The van der Waals surface area contributed by atoms with Crippen LogP contribution in [0.2, 0.25) is 5.02 Å². The van der Waals surface area contributed by atoms with Crippen molar-refractivity contribution in [1.82, 2.24) is 0 Å². The maximum Gasteiger partial charge on any atom is 0.128 e. The average molecular weight is 269 g/mol. The highest BCUT2D eigenvalue weighted by atomic mass is 35.5. The number of halogens is 3. The van der Waals surface area contributed by atoms with E-state index in [9.17, 15) is 8.78 Å². The number of benzene rings is 2. The van der Waals surface area contributed by atoms with Crippen molar-refractivity contribution in [2.45, 2.75) is 6.92 Å². The number of nitrogen functional groups attached to an aromatic ring is 1. The monoisotopic (exact) mass is 268 g/mol. The molecule has 2 nitrogen and oxygen atoms in total. The van der Waals surface area contributed by atoms with Crippen molar-refractivity contribution in [3.05, 3.63) is 52.6 Å². The van der Waals surface area contributed by atoms with Gasteiger partial charge in [0.25, 0.3) is 0 Å². The van der Waals surface area contributed by atoms with Crippen molar-refractivity contribution in [2.24, 2.45) is 0 Å². The molecule has 0 aromatic heterocycles. The van der Waals surface area contributed by atoms with Crippen molar-refractivity contribution in [3.63, 3.8) is 0 Å². The summed E-state index contributed by atoms with van der Waals surface area (Å²) in [6.45, 7) is 1.63. The third kappa shape index (κ3) is 2.54. The Bertz CT molecular complexity index is 600. The predicted molar refractivity (Wildman–Crippen MR) is 70.2 cm³/mol. The van der Waals surface area contributed by atoms with E-state index >= 15 is 0 Å². The van der Waals surface area contributed by atoms with Gasteiger partial charge in [-0.1, -0.05) is 11.6 Å². The molecule has 0 saturated carbocycles. The molecule has 5 heteroatoms. The molecule has 0 heterocycles. The predicted octanol–water partition coefficient (Wildman–Crippen LogP) is 4.25. The van der Waals surface area contributed by atoms with Gasteiger partial charge in [0.1, 0.15) is 11.6 Å². The molecule has 0 bridgehead atoms. The van der Waals surface area contributed by atoms with E-state index in [0.29, 0.717) is 16.9 Å². The maximum absolute atomic E-state index is 13.2. The van der Waals surface area contributed by atoms with Crippen LogP contribution in [0.4, 0.5) is 25.8 Å². The van der Waals surface area contributed by atoms with Crippen LogP contribution in [0.25, 0.3) is 0 Å². The van der Waals surface area contributed by atoms with Gasteiger partial charge in [-0.15, -0.1) is 0 Å². The molecule has 2 aromatic rings. The third-order valence-electron chi connectivity index (χ3n) is 2.53. The van der Waals surface area contributed by atoms with Crippen LogP contribution in [0.15, 0.2) is 30.3 Å². The Kier molecular flexibility index (Phi) is 3.39. The summed E-state index contributed by atoms with van der Waals surface area (Å²) in [5, 5.41) is 3.18. The minimum absolute atomic E-state index is 0.233. The Labute approximate surface area is 108 Å². The van der Waals surface area contributed by atoms with Gasteiger partial charge in [-0.05, 0) is 42.8 Å². The van der Waals surface area contributed by atoms with Crippen LogP contribution in [0.5, 0.6) is 0 Å². The summed E-state index contributed by atoms with van der Waals surface area (Å²) in [5.41, 5.74) is 7.46. The van der Waals surface area contributed by atoms with Gasteiger partial charge >= 0.3 is 0 Å². The number of nitrogens with one attached hydrogen (secondary N) is 1. The van der Waals surface area contributed by atoms with Crippen molar-refractivity contribution < 1.29 is 8.78 Å². The van der Waals surface area contributed by atoms with E-state index in [2.05, 4.69) is 5.32 Å². The number of aryl methyl sites for hydroxylation is 1. The van der Waals surface area contributed by atoms with Crippen LogP contribution in [0.3, 0.4) is 0 Å². The molecule has 3 N–H and O–H groups in total. The molecule has 2 aromatic carbocycles. The minimum atomic E-state index is -0.422. The first-order chi connectivity index (χ1) is 8.47. The molecule has 0 amide bonds. The Hall–Kier alpha value is -1.81. The van der Waals surface area contributed by atoms with Crippen molar-refractivity contribution in [3.8, 4) is 0 Å². The van der Waals surface area contributed by atoms with Gasteiger partial charge < -0.3 is 11.1 Å². The first kappa shape index (κ1) is 12.6. The average Bonchev–Trinajstić information content (AvgIpc) is 2.29. The van der Waals surface area contributed by atoms with Gasteiger partial charge in [0, 0.05) is 0 Å². The fourth-order valence-corrected chi connectivity index (χ4v) is 1.76. The summed E-state index contributed by atoms with van der Waals surface area (Å²) >= 11 is 5.89. The van der Waals surface area contributed by atoms with Crippen LogP contribution < -0.4 is 11.1 Å². The molecule has 0 spiro atoms. The second-order valence-electron chi connectivity index (χ2n) is 3.94. The number of nitrogens with two attached hydrogens (primary N) is 1. The van der Waals surface area contributed by atoms with Gasteiger partial charge in [-0.25, -0.2) is 8.78 Å². The fourth-order valence-electron chi connectivity index (χ4n) is 1.54. The van der Waals surface area contributed by atoms with Crippen molar-refractivity contribution in [2.75, 3.05) is 11.1 Å². The van der Waals surface area contributed by atoms with E-state index in [1.54, 1.807) is 13.0 Å². The Balaban J connectivity index is 2.37. The quantitative estimate of drug-likeness (QED) is 0.799. The van der Waals surface area contributed by atoms with E-state index in [0.717, 1.165) is 0 Å². The SMILES string of the molecule is Cc1cc(Nc2ccc(F)cc2Cl)c(N)cc1F. The van der Waals surface area contributed by atoms with Crippen LogP contribution >= 0.6 is 11.6 Å². The zero-order chi connectivity index (χ0) is 13.3. The number of rotatable bonds is 2. The molecule has 94 valence electrons. The first-order valence-corrected chi connectivity index (χ1v) is 5.63. The summed E-state index contributed by atoms with van der Waals surface area (Å²) in [7, 11) is 0. The van der Waals surface area contributed by atoms with E-state index in [-0.39, 0.29) is 16.5 Å². The van der Waals surface area contributed by atoms with Gasteiger partial charge in [0.05, 0.1) is 22.1 Å². The van der Waals surface area contributed by atoms with E-state index in [4.69, 9.17) is 17.3 Å². The molecule has 0 saturated heterocycles. The number of anilines is 3. The Morgan fingerprint density at radius 2 is 1.83 bits per heavy atom. The highest BCUT2D eigenvalue weighted by Gasteiger charge is 2.07. The van der Waals surface area contributed by atoms with E-state index in [1.165, 1.54) is 24.3 Å². The zero-order valence-electron chi connectivity index (χ0n) is 9.60. The molecule has 0 aliphatic heterocycles. The smallest absolute Gasteiger partial charge is 0.128 e. The second-order valence-corrected chi connectivity index (χ2v) is 4.35. The van der Waals surface area contributed by atoms with Gasteiger partial charge in [-0.3, -0.25) is 0 Å². The molecule has 0 fully saturated rings. The van der Waals surface area contributed by atoms with Gasteiger partial charge in [0.15, 0.2) is 0 Å². The summed E-state index contributed by atoms with van der Waals surface area (Å²) in [6, 6.07) is 6.77. The highest BCUT2D eigenvalue weighted by molar-refractivity contribution is 6.33. The topological polar surface area (TPSA) is 38.0 Å². The lowest BCUT2D eigenvalue weighted by atomic mass is 10.1. The van der Waals surface area contributed by atoms with Crippen LogP contribution in [-0.4, -0.2) is 0 Å². The lowest BCUT2D eigenvalue weighted by Crippen LogP contribution is -1.99. The molecule has 18 heavy (non-hydrogen) atoms. The Morgan fingerprint density at radius 1 is 1.11 bits per heavy atom. The molecule has 0 radical (unpaired) electrons. The molecule has 0 atom stereocenters. The molecule has 0 aliphatic carbocycles. The summed E-state index contributed by atoms with van der Waals surface area (Å²) in [5.74, 6) is -0.794. The molecular weight excluding hydrogens is 258 g/mol. The Morgan fingerprint density at radius 3 is 2.50 bits per heavy atom. The maximum atomic E-state index is 13.2. The largest absolute Gasteiger partial charge is 0.397 e. The summed E-state index contributed by atoms with van der Waals surface area (Å²) < 4.78 is 26.1. The normalized spacial score (nSPS) is 10.4.